The monoisotopic (exact) mass is 198 g/mol. The minimum absolute atomic E-state index is 0.0960. The molecule has 1 N–H and O–H groups in total. The van der Waals surface area contributed by atoms with Crippen LogP contribution in [-0.2, 0) is 4.79 Å². The summed E-state index contributed by atoms with van der Waals surface area (Å²) < 4.78 is 0. The van der Waals surface area contributed by atoms with Crippen molar-refractivity contribution in [1.29, 1.82) is 0 Å². The molecule has 1 amide bonds. The smallest absolute Gasteiger partial charge is 0.223 e. The minimum Gasteiger partial charge on any atom is -0.343 e. The second kappa shape index (κ2) is 5.35. The van der Waals surface area contributed by atoms with E-state index < -0.39 is 0 Å². The predicted molar refractivity (Wildman–Crippen MR) is 57.8 cm³/mol. The molecule has 3 nitrogen and oxygen atoms in total. The maximum absolute atomic E-state index is 11.3. The Morgan fingerprint density at radius 2 is 2.00 bits per heavy atom. The van der Waals surface area contributed by atoms with Crippen LogP contribution in [0.4, 0.5) is 0 Å². The number of nitrogens with one attached hydrogen (secondary N) is 1. The fourth-order valence-electron chi connectivity index (χ4n) is 1.61. The molecule has 0 aromatic carbocycles. The van der Waals surface area contributed by atoms with Gasteiger partial charge < -0.3 is 5.32 Å². The molecule has 0 bridgehead atoms. The first kappa shape index (κ1) is 11.5. The Bertz CT molecular complexity index is 184. The number of carbonyl (C=O) groups excluding carboxylic acids is 1. The lowest BCUT2D eigenvalue weighted by molar-refractivity contribution is -0.124. The van der Waals surface area contributed by atoms with Crippen molar-refractivity contribution in [3.63, 3.8) is 0 Å². The normalized spacial score (nSPS) is 20.0. The third kappa shape index (κ3) is 3.66. The molecule has 1 aliphatic heterocycles. The average Bonchev–Trinajstić information content (AvgIpc) is 2.16. The van der Waals surface area contributed by atoms with E-state index in [2.05, 4.69) is 17.1 Å². The fourth-order valence-corrected chi connectivity index (χ4v) is 1.61. The lowest BCUT2D eigenvalue weighted by Gasteiger charge is -2.30. The largest absolute Gasteiger partial charge is 0.343 e. The van der Waals surface area contributed by atoms with Gasteiger partial charge in [0.15, 0.2) is 0 Å². The molecule has 0 atom stereocenters. The van der Waals surface area contributed by atoms with Crippen molar-refractivity contribution >= 4 is 5.91 Å². The molecule has 1 aliphatic rings. The molecule has 82 valence electrons. The van der Waals surface area contributed by atoms with Crippen LogP contribution in [-0.4, -0.2) is 30.6 Å². The third-order valence-electron chi connectivity index (χ3n) is 2.88. The molecule has 0 radical (unpaired) electrons. The lowest BCUT2D eigenvalue weighted by Crippen LogP contribution is -2.42. The summed E-state index contributed by atoms with van der Waals surface area (Å²) in [6, 6.07) is 0. The molecule has 0 aromatic heterocycles. The van der Waals surface area contributed by atoms with Crippen LogP contribution in [0, 0.1) is 11.8 Å². The van der Waals surface area contributed by atoms with Gasteiger partial charge in [-0.25, -0.2) is 0 Å². The SMILES string of the molecule is CC1CCN(CNC(=O)C(C)C)CC1. The van der Waals surface area contributed by atoms with E-state index in [0.717, 1.165) is 25.7 Å². The van der Waals surface area contributed by atoms with Crippen molar-refractivity contribution in [3.05, 3.63) is 0 Å². The molecular formula is C11H22N2O. The zero-order chi connectivity index (χ0) is 10.6. The van der Waals surface area contributed by atoms with Gasteiger partial charge in [-0.3, -0.25) is 9.69 Å². The van der Waals surface area contributed by atoms with Gasteiger partial charge in [0.1, 0.15) is 0 Å². The van der Waals surface area contributed by atoms with Crippen molar-refractivity contribution in [2.24, 2.45) is 11.8 Å². The van der Waals surface area contributed by atoms with E-state index in [9.17, 15) is 4.79 Å². The highest BCUT2D eigenvalue weighted by molar-refractivity contribution is 5.77. The van der Waals surface area contributed by atoms with Crippen LogP contribution in [0.25, 0.3) is 0 Å². The van der Waals surface area contributed by atoms with E-state index in [0.29, 0.717) is 0 Å². The number of likely N-dealkylation sites (tertiary alicyclic amines) is 1. The molecule has 1 fully saturated rings. The van der Waals surface area contributed by atoms with Gasteiger partial charge in [0, 0.05) is 19.0 Å². The maximum Gasteiger partial charge on any atom is 0.223 e. The van der Waals surface area contributed by atoms with Gasteiger partial charge in [0.05, 0.1) is 6.67 Å². The Kier molecular flexibility index (Phi) is 4.39. The summed E-state index contributed by atoms with van der Waals surface area (Å²) in [5, 5.41) is 2.95. The zero-order valence-corrected chi connectivity index (χ0v) is 9.55. The predicted octanol–water partition coefficient (Wildman–Crippen LogP) is 1.45. The number of hydrogen-bond donors (Lipinski definition) is 1. The summed E-state index contributed by atoms with van der Waals surface area (Å²) in [5.41, 5.74) is 0. The first-order chi connectivity index (χ1) is 6.59. The number of hydrogen-bond acceptors (Lipinski definition) is 2. The van der Waals surface area contributed by atoms with Crippen molar-refractivity contribution in [2.45, 2.75) is 33.6 Å². The Morgan fingerprint density at radius 3 is 2.50 bits per heavy atom. The Hall–Kier alpha value is -0.570. The van der Waals surface area contributed by atoms with Gasteiger partial charge in [-0.15, -0.1) is 0 Å². The highest BCUT2D eigenvalue weighted by atomic mass is 16.1. The van der Waals surface area contributed by atoms with Gasteiger partial charge in [-0.2, -0.15) is 0 Å². The van der Waals surface area contributed by atoms with Crippen molar-refractivity contribution in [3.8, 4) is 0 Å². The molecule has 1 heterocycles. The quantitative estimate of drug-likeness (QED) is 0.744. The number of piperidine rings is 1. The van der Waals surface area contributed by atoms with E-state index in [-0.39, 0.29) is 11.8 Å². The van der Waals surface area contributed by atoms with Gasteiger partial charge in [-0.1, -0.05) is 20.8 Å². The first-order valence-corrected chi connectivity index (χ1v) is 5.59. The van der Waals surface area contributed by atoms with Gasteiger partial charge in [0.2, 0.25) is 5.91 Å². The number of nitrogens with zero attached hydrogens (tertiary/aromatic N) is 1. The standard InChI is InChI=1S/C11H22N2O/c1-9(2)11(14)12-8-13-6-4-10(3)5-7-13/h9-10H,4-8H2,1-3H3,(H,12,14). The molecule has 0 aliphatic carbocycles. The van der Waals surface area contributed by atoms with Crippen LogP contribution in [0.1, 0.15) is 33.6 Å². The van der Waals surface area contributed by atoms with Crippen LogP contribution in [0.2, 0.25) is 0 Å². The third-order valence-corrected chi connectivity index (χ3v) is 2.88. The van der Waals surface area contributed by atoms with E-state index in [1.807, 2.05) is 13.8 Å². The first-order valence-electron chi connectivity index (χ1n) is 5.59. The molecule has 1 saturated heterocycles. The highest BCUT2D eigenvalue weighted by Gasteiger charge is 2.16. The molecule has 0 saturated carbocycles. The van der Waals surface area contributed by atoms with E-state index >= 15 is 0 Å². The van der Waals surface area contributed by atoms with Crippen LogP contribution in [0.3, 0.4) is 0 Å². The number of carbonyl (C=O) groups is 1. The second-order valence-electron chi connectivity index (χ2n) is 4.65. The second-order valence-corrected chi connectivity index (χ2v) is 4.65. The molecule has 0 spiro atoms. The summed E-state index contributed by atoms with van der Waals surface area (Å²) in [4.78, 5) is 13.6. The van der Waals surface area contributed by atoms with Gasteiger partial charge in [0.25, 0.3) is 0 Å². The molecule has 3 heteroatoms. The number of rotatable bonds is 3. The summed E-state index contributed by atoms with van der Waals surface area (Å²) >= 11 is 0. The van der Waals surface area contributed by atoms with E-state index in [1.54, 1.807) is 0 Å². The Morgan fingerprint density at radius 1 is 1.43 bits per heavy atom. The topological polar surface area (TPSA) is 32.3 Å². The van der Waals surface area contributed by atoms with Gasteiger partial charge >= 0.3 is 0 Å². The minimum atomic E-state index is 0.0960. The van der Waals surface area contributed by atoms with Crippen molar-refractivity contribution in [2.75, 3.05) is 19.8 Å². The highest BCUT2D eigenvalue weighted by Crippen LogP contribution is 2.14. The molecule has 0 aromatic rings. The summed E-state index contributed by atoms with van der Waals surface area (Å²) in [6.07, 6.45) is 2.52. The van der Waals surface area contributed by atoms with Crippen LogP contribution < -0.4 is 5.32 Å². The zero-order valence-electron chi connectivity index (χ0n) is 9.55. The van der Waals surface area contributed by atoms with E-state index in [1.165, 1.54) is 12.8 Å². The van der Waals surface area contributed by atoms with Crippen molar-refractivity contribution in [1.82, 2.24) is 10.2 Å². The summed E-state index contributed by atoms with van der Waals surface area (Å²) in [6.45, 7) is 9.12. The molecule has 0 unspecified atom stereocenters. The summed E-state index contributed by atoms with van der Waals surface area (Å²) in [5.74, 6) is 1.11. The Balaban J connectivity index is 2.16. The van der Waals surface area contributed by atoms with Crippen LogP contribution >= 0.6 is 0 Å². The summed E-state index contributed by atoms with van der Waals surface area (Å²) in [7, 11) is 0. The van der Waals surface area contributed by atoms with Crippen molar-refractivity contribution < 1.29 is 4.79 Å². The number of amides is 1. The molecule has 14 heavy (non-hydrogen) atoms. The Labute approximate surface area is 86.9 Å². The fraction of sp³-hybridized carbons (Fsp3) is 0.909. The van der Waals surface area contributed by atoms with Crippen LogP contribution in [0.15, 0.2) is 0 Å². The van der Waals surface area contributed by atoms with Gasteiger partial charge in [-0.05, 0) is 18.8 Å². The molecule has 1 rings (SSSR count). The molecular weight excluding hydrogens is 176 g/mol. The average molecular weight is 198 g/mol. The van der Waals surface area contributed by atoms with Crippen LogP contribution in [0.5, 0.6) is 0 Å². The van der Waals surface area contributed by atoms with E-state index in [4.69, 9.17) is 0 Å². The maximum atomic E-state index is 11.3. The lowest BCUT2D eigenvalue weighted by atomic mass is 10.00.